The third-order valence-electron chi connectivity index (χ3n) is 12.8. The number of carbonyl (C=O) groups excluding carboxylic acids is 3. The van der Waals surface area contributed by atoms with Gasteiger partial charge in [0.1, 0.15) is 34.2 Å². The normalized spacial score (nSPS) is 9.78. The molecule has 11 aromatic rings. The number of thiocarbonyl (C=S) groups is 3. The van der Waals surface area contributed by atoms with Crippen molar-refractivity contribution in [3.63, 3.8) is 0 Å². The molecular weight excluding hydrogens is 1450 g/mol. The fraction of sp³-hybridized carbons (Fsp3) is 0.145. The number of nitrogens with zero attached hydrogens (tertiary/aromatic N) is 6. The quantitative estimate of drug-likeness (QED) is 0.0190. The van der Waals surface area contributed by atoms with Gasteiger partial charge in [-0.25, -0.2) is 14.6 Å². The summed E-state index contributed by atoms with van der Waals surface area (Å²) in [6, 6.07) is 38.6. The van der Waals surface area contributed by atoms with Gasteiger partial charge < -0.3 is 49.7 Å². The Morgan fingerprint density at radius 1 is 0.684 bits per heavy atom. The average Bonchev–Trinajstić information content (AvgIpc) is 1.09. The number of halogens is 3. The van der Waals surface area contributed by atoms with Gasteiger partial charge in [-0.15, -0.1) is 11.3 Å². The molecule has 11 rings (SSSR count). The number of amides is 1. The van der Waals surface area contributed by atoms with Gasteiger partial charge in [0.2, 0.25) is 0 Å². The molecule has 7 heterocycles. The molecule has 0 bridgehead atoms. The number of alkyl halides is 1. The summed E-state index contributed by atoms with van der Waals surface area (Å²) in [6.07, 6.45) is 12.9. The van der Waals surface area contributed by atoms with E-state index in [-0.39, 0.29) is 64.3 Å². The molecule has 0 fully saturated rings. The molecule has 0 saturated heterocycles. The Hall–Kier alpha value is -8.86. The molecule has 500 valence electrons. The number of ketones is 2. The zero-order valence-corrected chi connectivity index (χ0v) is 62.0. The van der Waals surface area contributed by atoms with Gasteiger partial charge in [0, 0.05) is 111 Å². The number of para-hydroxylation sites is 2. The number of rotatable bonds is 17. The van der Waals surface area contributed by atoms with Crippen LogP contribution in [-0.4, -0.2) is 98.3 Å². The first-order valence-corrected chi connectivity index (χ1v) is 32.2. The summed E-state index contributed by atoms with van der Waals surface area (Å²) >= 11 is 30.8. The average molecular weight is 1510 g/mol. The maximum Gasteiger partial charge on any atom is 1.00 e. The van der Waals surface area contributed by atoms with Crippen molar-refractivity contribution in [3.8, 4) is 34.3 Å². The van der Waals surface area contributed by atoms with Crippen molar-refractivity contribution in [2.75, 3.05) is 51.9 Å². The second-order valence-corrected chi connectivity index (χ2v) is 22.6. The number of benzene rings is 4. The van der Waals surface area contributed by atoms with E-state index in [1.807, 2.05) is 42.4 Å². The molecule has 7 aromatic heterocycles. The number of hydrogen-bond donors (Lipinski definition) is 3. The van der Waals surface area contributed by atoms with E-state index in [1.54, 1.807) is 174 Å². The maximum absolute atomic E-state index is 12.3. The van der Waals surface area contributed by atoms with Gasteiger partial charge >= 0.3 is 40.8 Å². The summed E-state index contributed by atoms with van der Waals surface area (Å²) in [4.78, 5) is 83.3. The minimum Gasteiger partial charge on any atom is -0.857 e. The van der Waals surface area contributed by atoms with Gasteiger partial charge in [0.25, 0.3) is 5.91 Å². The number of nitrogens with two attached hydrogens (primary N) is 2. The molecule has 21 nitrogen and oxygen atoms in total. The SMILES string of the molecule is COc1ccnc(C)c1CC(N)=S.COc1ccncc1CC(=S)CC(=O)c1ccccc1.COc1ccncc1N.COc1ccncc1Nc1nc(-c2cc3cccc(Cl)c3oc2=O)cs1.C[O-].O=C(CBr)c1cc2cccc(Cl)c2oc1=O.O=C(N=C=S)c1ccccc1.[Na+]. The van der Waals surface area contributed by atoms with Crippen LogP contribution in [0.15, 0.2) is 206 Å². The number of hydrogen-bond acceptors (Lipinski definition) is 23. The minimum atomic E-state index is -0.662. The Bertz CT molecular complexity index is 4650. The summed E-state index contributed by atoms with van der Waals surface area (Å²) in [5.41, 5.74) is 16.6. The molecule has 0 unspecified atom stereocenters. The molecule has 5 N–H and O–H groups in total. The van der Waals surface area contributed by atoms with Crippen LogP contribution in [-0.2, 0) is 12.8 Å². The van der Waals surface area contributed by atoms with Crippen LogP contribution in [0.5, 0.6) is 23.0 Å². The van der Waals surface area contributed by atoms with E-state index in [1.165, 1.54) is 17.4 Å². The van der Waals surface area contributed by atoms with Crippen molar-refractivity contribution < 1.29 is 76.8 Å². The van der Waals surface area contributed by atoms with E-state index >= 15 is 0 Å². The Kier molecular flexibility index (Phi) is 36.1. The number of Topliss-reactive ketones (excluding diaryl/α,β-unsaturated/α-hetero) is 2. The van der Waals surface area contributed by atoms with Crippen molar-refractivity contribution in [1.29, 1.82) is 0 Å². The maximum atomic E-state index is 12.3. The molecule has 0 radical (unpaired) electrons. The van der Waals surface area contributed by atoms with Crippen LogP contribution >= 0.6 is 87.1 Å². The topological polar surface area (TPSA) is 312 Å². The van der Waals surface area contributed by atoms with E-state index in [4.69, 9.17) is 92.0 Å². The molecule has 0 aliphatic rings. The van der Waals surface area contributed by atoms with E-state index < -0.39 is 11.3 Å². The number of isothiocyanates is 1. The van der Waals surface area contributed by atoms with Crippen LogP contribution in [0.1, 0.15) is 54.3 Å². The van der Waals surface area contributed by atoms with Gasteiger partial charge in [-0.2, -0.15) is 12.1 Å². The first-order valence-electron chi connectivity index (χ1n) is 28.2. The predicted molar refractivity (Wildman–Crippen MR) is 394 cm³/mol. The number of aromatic nitrogens is 5. The van der Waals surface area contributed by atoms with Crippen molar-refractivity contribution in [1.82, 2.24) is 24.9 Å². The fourth-order valence-corrected chi connectivity index (χ4v) is 10.2. The number of fused-ring (bicyclic) bond motifs is 2. The van der Waals surface area contributed by atoms with Crippen molar-refractivity contribution in [2.24, 2.45) is 10.7 Å². The minimum absolute atomic E-state index is 0. The number of aliphatic imine (C=N–C) groups is 1. The Labute approximate surface area is 624 Å². The van der Waals surface area contributed by atoms with Crippen LogP contribution < -0.4 is 81.6 Å². The number of pyridine rings is 4. The molecule has 98 heavy (non-hydrogen) atoms. The third kappa shape index (κ3) is 25.2. The Morgan fingerprint density at radius 2 is 1.22 bits per heavy atom. The van der Waals surface area contributed by atoms with Gasteiger partial charge in [-0.3, -0.25) is 34.3 Å². The van der Waals surface area contributed by atoms with Gasteiger partial charge in [0.05, 0.1) is 83.3 Å². The second-order valence-electron chi connectivity index (χ2n) is 19.1. The van der Waals surface area contributed by atoms with E-state index in [2.05, 4.69) is 63.4 Å². The second kappa shape index (κ2) is 43.4. The summed E-state index contributed by atoms with van der Waals surface area (Å²) in [5, 5.41) is 18.0. The van der Waals surface area contributed by atoms with Crippen LogP contribution in [0, 0.1) is 6.92 Å². The largest absolute Gasteiger partial charge is 1.00 e. The van der Waals surface area contributed by atoms with Crippen molar-refractivity contribution in [2.45, 2.75) is 26.2 Å². The van der Waals surface area contributed by atoms with Crippen LogP contribution in [0.4, 0.5) is 16.5 Å². The number of anilines is 3. The smallest absolute Gasteiger partial charge is 0.857 e. The fourth-order valence-electron chi connectivity index (χ4n) is 8.23. The molecular formula is C69H61BrCl2N9NaO12S4. The summed E-state index contributed by atoms with van der Waals surface area (Å²) < 4.78 is 31.0. The van der Waals surface area contributed by atoms with Crippen molar-refractivity contribution >= 4 is 158 Å². The Balaban J connectivity index is 0.000000257. The van der Waals surface area contributed by atoms with Gasteiger partial charge in [-0.05, 0) is 67.7 Å². The van der Waals surface area contributed by atoms with Gasteiger partial charge in [-0.1, -0.05) is 136 Å². The number of nitrogen functional groups attached to an aromatic ring is 1. The summed E-state index contributed by atoms with van der Waals surface area (Å²) in [7, 11) is 7.14. The number of methoxy groups -OCH3 is 4. The van der Waals surface area contributed by atoms with Crippen molar-refractivity contribution in [3.05, 3.63) is 247 Å². The Morgan fingerprint density at radius 3 is 1.79 bits per heavy atom. The number of nitrogens with one attached hydrogen (secondary N) is 1. The van der Waals surface area contributed by atoms with Gasteiger partial charge in [0.15, 0.2) is 27.9 Å². The number of thiazole rings is 1. The number of carbonyl (C=O) groups is 3. The first-order chi connectivity index (χ1) is 46.8. The molecule has 0 spiro atoms. The molecule has 4 aromatic carbocycles. The zero-order valence-electron chi connectivity index (χ0n) is 53.7. The third-order valence-corrected chi connectivity index (χ3v) is 15.2. The molecule has 0 atom stereocenters. The zero-order chi connectivity index (χ0) is 70.8. The monoisotopic (exact) mass is 1510 g/mol. The van der Waals surface area contributed by atoms with Crippen LogP contribution in [0.3, 0.4) is 0 Å². The van der Waals surface area contributed by atoms with E-state index in [0.29, 0.717) is 99.7 Å². The summed E-state index contributed by atoms with van der Waals surface area (Å²) in [5.74, 6) is 2.24. The molecule has 0 aliphatic heterocycles. The number of ether oxygens (including phenoxy) is 4. The number of aryl methyl sites for hydroxylation is 1. The molecule has 0 saturated carbocycles. The molecule has 0 aliphatic carbocycles. The molecule has 1 amide bonds. The van der Waals surface area contributed by atoms with Crippen LogP contribution in [0.2, 0.25) is 10.0 Å². The standard InChI is InChI=1S/C18H12ClN3O3S.C16H15NO2S.C11H6BrClO3.C9H12N2OS.C8H5NOS.C6H8N2O.CH3O.Na/c1-24-15-5-6-20-8-13(15)21-18-22-14(9-26-18)11-7-10-3-2-4-12(19)16(10)25-17(11)23;1-19-16-7-8-17-11-13(16)9-14(20)10-15(18)12-5-3-2-4-6-12;12-5-9(14)7-4-6-2-1-3-8(13)10(6)16-11(7)15;1-6-7(5-9(10)13)8(12-2)3-4-11-6;10-8(9-6-11)7-4-2-1-3-5-7;1-9-6-2-3-8-4-5(6)7;1-2;/h2-9H,1H3,(H,21,22);2-8,11H,9-10H2,1H3;1-4H,5H2;3-4H,5H2,1-2H3,(H2,10,13);1-5H;2-4H,7H2,1H3;1H3;/q;;;;;;-1;+1. The van der Waals surface area contributed by atoms with Crippen LogP contribution in [0.25, 0.3) is 33.2 Å². The van der Waals surface area contributed by atoms with E-state index in [0.717, 1.165) is 40.8 Å². The van der Waals surface area contributed by atoms with E-state index in [9.17, 15) is 24.0 Å². The molecule has 29 heteroatoms. The predicted octanol–water partition coefficient (Wildman–Crippen LogP) is 10.8. The first kappa shape index (κ1) is 81.6. The summed E-state index contributed by atoms with van der Waals surface area (Å²) in [6.45, 7) is 1.91.